The number of aryl methyl sites for hydroxylation is 2. The average molecular weight is 218 g/mol. The first kappa shape index (κ1) is 11.2. The Morgan fingerprint density at radius 3 is 2.36 bits per heavy atom. The maximum absolute atomic E-state index is 11.0. The van der Waals surface area contributed by atoms with Crippen molar-refractivity contribution in [3.63, 3.8) is 0 Å². The molecule has 1 aromatic rings. The molecule has 0 fully saturated rings. The number of aromatic nitrogens is 1. The second-order valence-corrected chi connectivity index (χ2v) is 5.13. The van der Waals surface area contributed by atoms with Gasteiger partial charge < -0.3 is 4.52 Å². The fourth-order valence-corrected chi connectivity index (χ4v) is 2.25. The molecule has 5 nitrogen and oxygen atoms in total. The van der Waals surface area contributed by atoms with Crippen molar-refractivity contribution in [1.29, 1.82) is 0 Å². The average Bonchev–Trinajstić information content (AvgIpc) is 2.27. The largest absolute Gasteiger partial charge is 0.361 e. The van der Waals surface area contributed by atoms with Gasteiger partial charge in [0.1, 0.15) is 5.76 Å². The number of nitrogens with one attached hydrogen (secondary N) is 1. The van der Waals surface area contributed by atoms with Crippen LogP contribution >= 0.6 is 0 Å². The van der Waals surface area contributed by atoms with E-state index in [0.29, 0.717) is 11.5 Å². The molecular formula is C8H14N2O3S. The van der Waals surface area contributed by atoms with Gasteiger partial charge in [-0.15, -0.1) is 0 Å². The van der Waals surface area contributed by atoms with Crippen LogP contribution in [0.15, 0.2) is 4.52 Å². The maximum atomic E-state index is 11.0. The van der Waals surface area contributed by atoms with E-state index in [1.807, 2.05) is 0 Å². The lowest BCUT2D eigenvalue weighted by Gasteiger charge is -2.11. The molecule has 1 atom stereocenters. The predicted molar refractivity (Wildman–Crippen MR) is 52.4 cm³/mol. The maximum Gasteiger partial charge on any atom is 0.209 e. The van der Waals surface area contributed by atoms with E-state index >= 15 is 0 Å². The second kappa shape index (κ2) is 3.70. The molecule has 0 bridgehead atoms. The molecule has 0 radical (unpaired) electrons. The Morgan fingerprint density at radius 1 is 1.43 bits per heavy atom. The standard InChI is InChI=1S/C8H14N2O3S/c1-5-8(7(3)13-9-5)6(2)10-14(4,11)12/h6,10H,1-4H3. The van der Waals surface area contributed by atoms with Crippen molar-refractivity contribution >= 4 is 10.0 Å². The van der Waals surface area contributed by atoms with Crippen LogP contribution in [0.1, 0.15) is 30.0 Å². The summed E-state index contributed by atoms with van der Waals surface area (Å²) in [5, 5.41) is 3.76. The molecule has 0 aliphatic carbocycles. The minimum absolute atomic E-state index is 0.309. The molecule has 1 rings (SSSR count). The molecule has 0 amide bonds. The molecule has 1 unspecified atom stereocenters. The van der Waals surface area contributed by atoms with E-state index in [-0.39, 0.29) is 6.04 Å². The molecule has 80 valence electrons. The molecule has 1 aromatic heterocycles. The first-order chi connectivity index (χ1) is 6.31. The van der Waals surface area contributed by atoms with Gasteiger partial charge in [-0.2, -0.15) is 0 Å². The molecule has 0 aliphatic rings. The van der Waals surface area contributed by atoms with E-state index in [4.69, 9.17) is 4.52 Å². The minimum Gasteiger partial charge on any atom is -0.361 e. The Labute approximate surface area is 83.5 Å². The van der Waals surface area contributed by atoms with E-state index in [1.54, 1.807) is 20.8 Å². The Bertz CT molecular complexity index is 402. The molecule has 0 saturated heterocycles. The van der Waals surface area contributed by atoms with Crippen molar-refractivity contribution < 1.29 is 12.9 Å². The molecule has 1 N–H and O–H groups in total. The Morgan fingerprint density at radius 2 is 2.00 bits per heavy atom. The zero-order chi connectivity index (χ0) is 10.9. The highest BCUT2D eigenvalue weighted by Crippen LogP contribution is 2.21. The van der Waals surface area contributed by atoms with E-state index < -0.39 is 10.0 Å². The lowest BCUT2D eigenvalue weighted by molar-refractivity contribution is 0.391. The summed E-state index contributed by atoms with van der Waals surface area (Å²) in [5.41, 5.74) is 1.52. The second-order valence-electron chi connectivity index (χ2n) is 3.35. The number of rotatable bonds is 3. The molecule has 14 heavy (non-hydrogen) atoms. The van der Waals surface area contributed by atoms with E-state index in [9.17, 15) is 8.42 Å². The lowest BCUT2D eigenvalue weighted by Crippen LogP contribution is -2.25. The van der Waals surface area contributed by atoms with E-state index in [2.05, 4.69) is 9.88 Å². The van der Waals surface area contributed by atoms with E-state index in [0.717, 1.165) is 11.8 Å². The summed E-state index contributed by atoms with van der Waals surface area (Å²) in [6.45, 7) is 5.30. The zero-order valence-electron chi connectivity index (χ0n) is 8.66. The Hall–Kier alpha value is -0.880. The highest BCUT2D eigenvalue weighted by molar-refractivity contribution is 7.88. The summed E-state index contributed by atoms with van der Waals surface area (Å²) in [4.78, 5) is 0. The monoisotopic (exact) mass is 218 g/mol. The van der Waals surface area contributed by atoms with Crippen LogP contribution in [0.4, 0.5) is 0 Å². The number of hydrogen-bond acceptors (Lipinski definition) is 4. The SMILES string of the molecule is Cc1noc(C)c1C(C)NS(C)(=O)=O. The summed E-state index contributed by atoms with van der Waals surface area (Å²) >= 11 is 0. The molecule has 0 aliphatic heterocycles. The van der Waals surface area contributed by atoms with Crippen LogP contribution in [0.3, 0.4) is 0 Å². The van der Waals surface area contributed by atoms with Crippen LogP contribution in [-0.4, -0.2) is 19.8 Å². The third-order valence-corrected chi connectivity index (χ3v) is 2.69. The van der Waals surface area contributed by atoms with Gasteiger partial charge in [-0.25, -0.2) is 13.1 Å². The topological polar surface area (TPSA) is 72.2 Å². The fourth-order valence-electron chi connectivity index (χ4n) is 1.49. The highest BCUT2D eigenvalue weighted by Gasteiger charge is 2.18. The predicted octanol–water partition coefficient (Wildman–Crippen LogP) is 0.902. The van der Waals surface area contributed by atoms with Crippen molar-refractivity contribution in [2.24, 2.45) is 0 Å². The molecular weight excluding hydrogens is 204 g/mol. The fraction of sp³-hybridized carbons (Fsp3) is 0.625. The van der Waals surface area contributed by atoms with Crippen molar-refractivity contribution in [2.45, 2.75) is 26.8 Å². The van der Waals surface area contributed by atoms with Crippen LogP contribution in [-0.2, 0) is 10.0 Å². The molecule has 1 heterocycles. The molecule has 0 saturated carbocycles. The van der Waals surface area contributed by atoms with E-state index in [1.165, 1.54) is 0 Å². The summed E-state index contributed by atoms with van der Waals surface area (Å²) in [7, 11) is -3.20. The van der Waals surface area contributed by atoms with Crippen LogP contribution in [0.2, 0.25) is 0 Å². The van der Waals surface area contributed by atoms with Gasteiger partial charge in [0.25, 0.3) is 0 Å². The van der Waals surface area contributed by atoms with Gasteiger partial charge in [0.2, 0.25) is 10.0 Å². The van der Waals surface area contributed by atoms with Crippen molar-refractivity contribution in [1.82, 2.24) is 9.88 Å². The summed E-state index contributed by atoms with van der Waals surface area (Å²) in [6, 6.07) is -0.309. The van der Waals surface area contributed by atoms with Crippen LogP contribution < -0.4 is 4.72 Å². The smallest absolute Gasteiger partial charge is 0.209 e. The number of hydrogen-bond donors (Lipinski definition) is 1. The number of sulfonamides is 1. The van der Waals surface area contributed by atoms with Crippen LogP contribution in [0.25, 0.3) is 0 Å². The zero-order valence-corrected chi connectivity index (χ0v) is 9.47. The van der Waals surface area contributed by atoms with Crippen LogP contribution in [0.5, 0.6) is 0 Å². The first-order valence-electron chi connectivity index (χ1n) is 4.21. The van der Waals surface area contributed by atoms with Gasteiger partial charge in [0.15, 0.2) is 0 Å². The first-order valence-corrected chi connectivity index (χ1v) is 6.10. The Kier molecular flexibility index (Phi) is 2.96. The molecule has 0 aromatic carbocycles. The third-order valence-electron chi connectivity index (χ3n) is 1.91. The van der Waals surface area contributed by atoms with Gasteiger partial charge >= 0.3 is 0 Å². The Balaban J connectivity index is 2.95. The minimum atomic E-state index is -3.20. The lowest BCUT2D eigenvalue weighted by atomic mass is 10.1. The summed E-state index contributed by atoms with van der Waals surface area (Å²) < 4.78 is 29.4. The van der Waals surface area contributed by atoms with Crippen molar-refractivity contribution in [2.75, 3.05) is 6.26 Å². The normalized spacial score (nSPS) is 14.3. The molecule has 6 heteroatoms. The van der Waals surface area contributed by atoms with Crippen LogP contribution in [0, 0.1) is 13.8 Å². The summed E-state index contributed by atoms with van der Waals surface area (Å²) in [5.74, 6) is 0.645. The quantitative estimate of drug-likeness (QED) is 0.818. The van der Waals surface area contributed by atoms with Gasteiger partial charge in [0.05, 0.1) is 11.9 Å². The van der Waals surface area contributed by atoms with Gasteiger partial charge in [0, 0.05) is 11.6 Å². The summed E-state index contributed by atoms with van der Waals surface area (Å²) in [6.07, 6.45) is 1.13. The van der Waals surface area contributed by atoms with Gasteiger partial charge in [-0.1, -0.05) is 5.16 Å². The molecule has 0 spiro atoms. The van der Waals surface area contributed by atoms with Crippen molar-refractivity contribution in [3.05, 3.63) is 17.0 Å². The highest BCUT2D eigenvalue weighted by atomic mass is 32.2. The van der Waals surface area contributed by atoms with Gasteiger partial charge in [-0.3, -0.25) is 0 Å². The van der Waals surface area contributed by atoms with Gasteiger partial charge in [-0.05, 0) is 20.8 Å². The van der Waals surface area contributed by atoms with Crippen molar-refractivity contribution in [3.8, 4) is 0 Å². The third kappa shape index (κ3) is 2.55. The number of nitrogens with zero attached hydrogens (tertiary/aromatic N) is 1.